The topological polar surface area (TPSA) is 108 Å². The lowest BCUT2D eigenvalue weighted by Gasteiger charge is -2.23. The molecule has 0 saturated heterocycles. The molecule has 2 N–H and O–H groups in total. The van der Waals surface area contributed by atoms with Gasteiger partial charge in [-0.05, 0) is 60.7 Å². The lowest BCUT2D eigenvalue weighted by Crippen LogP contribution is -2.39. The smallest absolute Gasteiger partial charge is 0.264 e. The summed E-state index contributed by atoms with van der Waals surface area (Å²) in [5.41, 5.74) is 2.93. The van der Waals surface area contributed by atoms with Crippen LogP contribution in [0.4, 0.5) is 5.69 Å². The Balaban J connectivity index is 1.85. The molecule has 1 amide bonds. The Kier molecular flexibility index (Phi) is 7.34. The Morgan fingerprint density at radius 1 is 1.09 bits per heavy atom. The van der Waals surface area contributed by atoms with Crippen LogP contribution in [0.25, 0.3) is 0 Å². The first-order valence-electron chi connectivity index (χ1n) is 9.33. The van der Waals surface area contributed by atoms with Gasteiger partial charge in [-0.2, -0.15) is 5.10 Å². The van der Waals surface area contributed by atoms with E-state index in [2.05, 4.69) is 10.5 Å². The minimum atomic E-state index is -4.09. The molecule has 3 rings (SSSR count). The van der Waals surface area contributed by atoms with E-state index >= 15 is 0 Å². The van der Waals surface area contributed by atoms with Gasteiger partial charge in [0.05, 0.1) is 23.9 Å². The second-order valence-electron chi connectivity index (χ2n) is 6.52. The van der Waals surface area contributed by atoms with Crippen LogP contribution in [0.3, 0.4) is 0 Å². The fourth-order valence-electron chi connectivity index (χ4n) is 2.73. The molecule has 3 aromatic rings. The zero-order chi connectivity index (χ0) is 23.1. The van der Waals surface area contributed by atoms with Crippen molar-refractivity contribution in [1.29, 1.82) is 0 Å². The van der Waals surface area contributed by atoms with E-state index in [0.717, 1.165) is 4.31 Å². The minimum absolute atomic E-state index is 0.00428. The number of amides is 1. The first kappa shape index (κ1) is 23.1. The van der Waals surface area contributed by atoms with Crippen LogP contribution in [0.15, 0.2) is 82.8 Å². The third-order valence-corrected chi connectivity index (χ3v) is 6.42. The van der Waals surface area contributed by atoms with Crippen molar-refractivity contribution in [1.82, 2.24) is 5.43 Å². The van der Waals surface area contributed by atoms with Crippen molar-refractivity contribution in [3.05, 3.63) is 83.4 Å². The van der Waals surface area contributed by atoms with Crippen molar-refractivity contribution in [2.24, 2.45) is 5.10 Å². The average molecular weight is 474 g/mol. The molecule has 0 aliphatic heterocycles. The Hall–Kier alpha value is -3.56. The molecule has 0 radical (unpaired) electrons. The number of hydrogen-bond donors (Lipinski definition) is 2. The maximum absolute atomic E-state index is 13.3. The fourth-order valence-corrected chi connectivity index (χ4v) is 4.28. The van der Waals surface area contributed by atoms with E-state index < -0.39 is 22.5 Å². The second kappa shape index (κ2) is 10.2. The molecule has 3 aromatic carbocycles. The summed E-state index contributed by atoms with van der Waals surface area (Å²) in [5.74, 6) is -0.183. The second-order valence-corrected chi connectivity index (χ2v) is 8.81. The van der Waals surface area contributed by atoms with Crippen molar-refractivity contribution in [3.8, 4) is 11.5 Å². The highest BCUT2D eigenvalue weighted by Crippen LogP contribution is 2.26. The number of ether oxygens (including phenoxy) is 1. The number of anilines is 1. The Morgan fingerprint density at radius 3 is 2.38 bits per heavy atom. The normalized spacial score (nSPS) is 11.3. The molecule has 0 atom stereocenters. The molecular weight excluding hydrogens is 454 g/mol. The van der Waals surface area contributed by atoms with Crippen LogP contribution in [0.1, 0.15) is 5.56 Å². The molecule has 0 spiro atoms. The number of benzene rings is 3. The maximum atomic E-state index is 13.3. The van der Waals surface area contributed by atoms with Gasteiger partial charge in [0.2, 0.25) is 0 Å². The van der Waals surface area contributed by atoms with Gasteiger partial charge in [0, 0.05) is 10.6 Å². The van der Waals surface area contributed by atoms with Gasteiger partial charge < -0.3 is 9.84 Å². The highest BCUT2D eigenvalue weighted by molar-refractivity contribution is 7.92. The molecule has 32 heavy (non-hydrogen) atoms. The lowest BCUT2D eigenvalue weighted by atomic mass is 10.2. The highest BCUT2D eigenvalue weighted by Gasteiger charge is 2.27. The fraction of sp³-hybridized carbons (Fsp3) is 0.0909. The maximum Gasteiger partial charge on any atom is 0.264 e. The van der Waals surface area contributed by atoms with Crippen LogP contribution in [-0.4, -0.2) is 39.3 Å². The number of hydrogen-bond acceptors (Lipinski definition) is 6. The third-order valence-electron chi connectivity index (χ3n) is 4.38. The first-order valence-corrected chi connectivity index (χ1v) is 11.2. The van der Waals surface area contributed by atoms with Crippen LogP contribution in [0.5, 0.6) is 11.5 Å². The molecule has 0 unspecified atom stereocenters. The summed E-state index contributed by atoms with van der Waals surface area (Å²) in [4.78, 5) is 12.5. The molecule has 166 valence electrons. The highest BCUT2D eigenvalue weighted by atomic mass is 35.5. The van der Waals surface area contributed by atoms with Gasteiger partial charge in [0.15, 0.2) is 0 Å². The van der Waals surface area contributed by atoms with Gasteiger partial charge in [-0.1, -0.05) is 23.7 Å². The van der Waals surface area contributed by atoms with Crippen LogP contribution < -0.4 is 14.5 Å². The van der Waals surface area contributed by atoms with E-state index in [1.54, 1.807) is 18.2 Å². The zero-order valence-corrected chi connectivity index (χ0v) is 18.5. The Labute approximate surface area is 190 Å². The Morgan fingerprint density at radius 2 is 1.75 bits per heavy atom. The van der Waals surface area contributed by atoms with Crippen molar-refractivity contribution in [3.63, 3.8) is 0 Å². The molecule has 0 aliphatic carbocycles. The van der Waals surface area contributed by atoms with Crippen LogP contribution in [0, 0.1) is 0 Å². The van der Waals surface area contributed by atoms with Gasteiger partial charge in [-0.25, -0.2) is 13.8 Å². The monoisotopic (exact) mass is 473 g/mol. The quantitative estimate of drug-likeness (QED) is 0.385. The number of phenols is 1. The van der Waals surface area contributed by atoms with E-state index in [-0.39, 0.29) is 16.3 Å². The van der Waals surface area contributed by atoms with Crippen molar-refractivity contribution in [2.75, 3.05) is 18.0 Å². The van der Waals surface area contributed by atoms with Crippen molar-refractivity contribution in [2.45, 2.75) is 4.90 Å². The van der Waals surface area contributed by atoms with Crippen LogP contribution in [-0.2, 0) is 14.8 Å². The summed E-state index contributed by atoms with van der Waals surface area (Å²) in [6, 6.07) is 18.3. The predicted molar refractivity (Wildman–Crippen MR) is 123 cm³/mol. The molecule has 0 aromatic heterocycles. The zero-order valence-electron chi connectivity index (χ0n) is 17.0. The average Bonchev–Trinajstić information content (AvgIpc) is 2.79. The molecule has 0 bridgehead atoms. The minimum Gasteiger partial charge on any atom is -0.507 e. The number of methoxy groups -OCH3 is 1. The van der Waals surface area contributed by atoms with E-state index in [1.807, 2.05) is 0 Å². The number of phenolic OH excluding ortho intramolecular Hbond substituents is 1. The predicted octanol–water partition coefficient (Wildman–Crippen LogP) is 3.40. The molecule has 0 fully saturated rings. The van der Waals surface area contributed by atoms with E-state index in [0.29, 0.717) is 16.3 Å². The standard InChI is InChI=1S/C22H20ClN3O5S/c1-31-19-10-12-20(13-11-19)32(29,30)26(18-8-6-17(23)7-9-18)15-22(28)25-24-14-16-4-2-3-5-21(16)27/h2-14,27H,15H2,1H3,(H,25,28)/b24-14-. The number of rotatable bonds is 8. The number of sulfonamides is 1. The van der Waals surface area contributed by atoms with Crippen LogP contribution >= 0.6 is 11.6 Å². The van der Waals surface area contributed by atoms with Crippen LogP contribution in [0.2, 0.25) is 5.02 Å². The SMILES string of the molecule is COc1ccc(S(=O)(=O)N(CC(=O)N/N=C\c2ccccc2O)c2ccc(Cl)cc2)cc1. The summed E-state index contributed by atoms with van der Waals surface area (Å²) in [7, 11) is -2.61. The number of hydrazone groups is 1. The number of nitrogens with zero attached hydrogens (tertiary/aromatic N) is 2. The first-order chi connectivity index (χ1) is 15.3. The summed E-state index contributed by atoms with van der Waals surface area (Å²) in [6.45, 7) is -0.534. The number of halogens is 1. The summed E-state index contributed by atoms with van der Waals surface area (Å²) < 4.78 is 32.6. The van der Waals surface area contributed by atoms with Crippen molar-refractivity contribution >= 4 is 39.4 Å². The van der Waals surface area contributed by atoms with Gasteiger partial charge in [-0.15, -0.1) is 0 Å². The molecule has 0 aliphatic rings. The van der Waals surface area contributed by atoms with Gasteiger partial charge >= 0.3 is 0 Å². The summed E-state index contributed by atoms with van der Waals surface area (Å²) >= 11 is 5.93. The van der Waals surface area contributed by atoms with Gasteiger partial charge in [-0.3, -0.25) is 9.10 Å². The van der Waals surface area contributed by atoms with E-state index in [1.165, 1.54) is 67.9 Å². The van der Waals surface area contributed by atoms with Gasteiger partial charge in [0.25, 0.3) is 15.9 Å². The molecule has 8 nitrogen and oxygen atoms in total. The number of carbonyl (C=O) groups is 1. The molecular formula is C22H20ClN3O5S. The molecule has 0 heterocycles. The third kappa shape index (κ3) is 5.57. The molecule has 10 heteroatoms. The number of carbonyl (C=O) groups excluding carboxylic acids is 1. The summed E-state index contributed by atoms with van der Waals surface area (Å²) in [5, 5.41) is 14.0. The van der Waals surface area contributed by atoms with E-state index in [4.69, 9.17) is 16.3 Å². The van der Waals surface area contributed by atoms with Gasteiger partial charge in [0.1, 0.15) is 18.0 Å². The van der Waals surface area contributed by atoms with Crippen molar-refractivity contribution < 1.29 is 23.1 Å². The summed E-state index contributed by atoms with van der Waals surface area (Å²) in [6.07, 6.45) is 1.26. The molecule has 0 saturated carbocycles. The number of aromatic hydroxyl groups is 1. The largest absolute Gasteiger partial charge is 0.507 e. The number of para-hydroxylation sites is 1. The van der Waals surface area contributed by atoms with E-state index in [9.17, 15) is 18.3 Å². The Bertz CT molecular complexity index is 1210. The lowest BCUT2D eigenvalue weighted by molar-refractivity contribution is -0.119. The number of nitrogens with one attached hydrogen (secondary N) is 1.